The molecular weight excluding hydrogens is 320 g/mol. The molecule has 0 aliphatic carbocycles. The van der Waals surface area contributed by atoms with Gasteiger partial charge in [-0.2, -0.15) is 0 Å². The highest BCUT2D eigenvalue weighted by molar-refractivity contribution is 5.77. The lowest BCUT2D eigenvalue weighted by Gasteiger charge is -2.08. The molecule has 0 saturated heterocycles. The van der Waals surface area contributed by atoms with E-state index in [0.29, 0.717) is 0 Å². The molecule has 0 fully saturated rings. The summed E-state index contributed by atoms with van der Waals surface area (Å²) in [7, 11) is 3.04. The van der Waals surface area contributed by atoms with E-state index < -0.39 is 26.8 Å². The Labute approximate surface area is 133 Å². The Balaban J connectivity index is 2.37. The van der Waals surface area contributed by atoms with Crippen molar-refractivity contribution in [2.75, 3.05) is 0 Å². The summed E-state index contributed by atoms with van der Waals surface area (Å²) in [5.74, 6) is 0.0256. The number of nitro groups is 2. The molecule has 3 aromatic rings. The lowest BCUT2D eigenvalue weighted by molar-refractivity contribution is -0.393. The summed E-state index contributed by atoms with van der Waals surface area (Å²) in [5, 5.41) is 22.1. The number of hydrogen-bond donors (Lipinski definition) is 0. The van der Waals surface area contributed by atoms with Crippen molar-refractivity contribution in [1.29, 1.82) is 0 Å². The third kappa shape index (κ3) is 2.18. The minimum absolute atomic E-state index is 0.00769. The van der Waals surface area contributed by atoms with E-state index in [1.54, 1.807) is 7.05 Å². The van der Waals surface area contributed by atoms with Crippen LogP contribution in [0.4, 0.5) is 11.4 Å². The molecule has 0 saturated carbocycles. The topological polar surface area (TPSA) is 139 Å². The number of nitro benzene ring substituents is 2. The first-order valence-corrected chi connectivity index (χ1v) is 6.62. The van der Waals surface area contributed by atoms with E-state index in [9.17, 15) is 25.0 Å². The van der Waals surface area contributed by atoms with Crippen LogP contribution in [-0.4, -0.2) is 28.9 Å². The molecule has 0 unspecified atom stereocenters. The van der Waals surface area contributed by atoms with Crippen LogP contribution in [0.2, 0.25) is 0 Å². The van der Waals surface area contributed by atoms with Crippen molar-refractivity contribution >= 4 is 22.5 Å². The Bertz CT molecular complexity index is 1070. The van der Waals surface area contributed by atoms with Gasteiger partial charge in [0.05, 0.1) is 27.8 Å². The maximum atomic E-state index is 12.4. The Morgan fingerprint density at radius 1 is 1.12 bits per heavy atom. The average molecular weight is 330 g/mol. The van der Waals surface area contributed by atoms with E-state index in [-0.39, 0.29) is 22.6 Å². The molecule has 0 amide bonds. The van der Waals surface area contributed by atoms with Gasteiger partial charge in [-0.15, -0.1) is 0 Å². The fraction of sp³-hybridized carbons (Fsp3) is 0.154. The number of aryl methyl sites for hydroxylation is 1. The zero-order valence-corrected chi connectivity index (χ0v) is 12.5. The van der Waals surface area contributed by atoms with Crippen LogP contribution in [0.25, 0.3) is 22.6 Å². The quantitative estimate of drug-likeness (QED) is 0.518. The second-order valence-corrected chi connectivity index (χ2v) is 5.04. The summed E-state index contributed by atoms with van der Waals surface area (Å²) in [5.41, 5.74) is -0.990. The second kappa shape index (κ2) is 5.22. The SMILES string of the molecule is Cn1c(-c2ccc([N+](=O)[O-])cc2[N+](=O)[O-])nc2c(ncn2C)c1=O. The van der Waals surface area contributed by atoms with Crippen molar-refractivity contribution in [1.82, 2.24) is 19.1 Å². The summed E-state index contributed by atoms with van der Waals surface area (Å²) in [6.07, 6.45) is 1.41. The molecule has 0 aliphatic heterocycles. The van der Waals surface area contributed by atoms with E-state index in [0.717, 1.165) is 16.7 Å². The predicted octanol–water partition coefficient (Wildman–Crippen LogP) is 1.15. The van der Waals surface area contributed by atoms with E-state index in [1.165, 1.54) is 24.0 Å². The summed E-state index contributed by atoms with van der Waals surface area (Å²) in [4.78, 5) is 41.2. The van der Waals surface area contributed by atoms with Crippen LogP contribution < -0.4 is 5.56 Å². The largest absolute Gasteiger partial charge is 0.318 e. The summed E-state index contributed by atoms with van der Waals surface area (Å²) < 4.78 is 2.64. The van der Waals surface area contributed by atoms with Crippen LogP contribution in [0.3, 0.4) is 0 Å². The lowest BCUT2D eigenvalue weighted by Crippen LogP contribution is -2.21. The number of imidazole rings is 1. The molecule has 2 aromatic heterocycles. The first-order chi connectivity index (χ1) is 11.3. The van der Waals surface area contributed by atoms with Gasteiger partial charge in [0.15, 0.2) is 17.0 Å². The molecule has 122 valence electrons. The number of fused-ring (bicyclic) bond motifs is 1. The van der Waals surface area contributed by atoms with E-state index in [2.05, 4.69) is 9.97 Å². The van der Waals surface area contributed by atoms with E-state index in [1.807, 2.05) is 0 Å². The van der Waals surface area contributed by atoms with Gasteiger partial charge in [-0.1, -0.05) is 0 Å². The van der Waals surface area contributed by atoms with Gasteiger partial charge in [-0.25, -0.2) is 9.97 Å². The van der Waals surface area contributed by atoms with Crippen molar-refractivity contribution in [2.24, 2.45) is 14.1 Å². The smallest absolute Gasteiger partial charge is 0.287 e. The Kier molecular flexibility index (Phi) is 3.32. The molecule has 0 N–H and O–H groups in total. The number of rotatable bonds is 3. The maximum Gasteiger partial charge on any atom is 0.287 e. The van der Waals surface area contributed by atoms with Crippen LogP contribution in [0, 0.1) is 20.2 Å². The van der Waals surface area contributed by atoms with Gasteiger partial charge >= 0.3 is 0 Å². The molecule has 0 bridgehead atoms. The predicted molar refractivity (Wildman–Crippen MR) is 82.5 cm³/mol. The van der Waals surface area contributed by atoms with E-state index in [4.69, 9.17) is 0 Å². The third-order valence-corrected chi connectivity index (χ3v) is 3.57. The van der Waals surface area contributed by atoms with Gasteiger partial charge in [0.25, 0.3) is 16.9 Å². The summed E-state index contributed by atoms with van der Waals surface area (Å²) >= 11 is 0. The van der Waals surface area contributed by atoms with Gasteiger partial charge in [-0.05, 0) is 6.07 Å². The fourth-order valence-corrected chi connectivity index (χ4v) is 2.35. The molecule has 0 radical (unpaired) electrons. The van der Waals surface area contributed by atoms with Crippen molar-refractivity contribution in [3.63, 3.8) is 0 Å². The number of aromatic nitrogens is 4. The van der Waals surface area contributed by atoms with Gasteiger partial charge in [0.1, 0.15) is 0 Å². The highest BCUT2D eigenvalue weighted by atomic mass is 16.6. The first-order valence-electron chi connectivity index (χ1n) is 6.62. The van der Waals surface area contributed by atoms with Crippen molar-refractivity contribution in [2.45, 2.75) is 0 Å². The highest BCUT2D eigenvalue weighted by Crippen LogP contribution is 2.31. The molecular formula is C13H10N6O5. The molecule has 2 heterocycles. The third-order valence-electron chi connectivity index (χ3n) is 3.57. The van der Waals surface area contributed by atoms with Crippen LogP contribution >= 0.6 is 0 Å². The molecule has 24 heavy (non-hydrogen) atoms. The van der Waals surface area contributed by atoms with Crippen LogP contribution in [0.1, 0.15) is 0 Å². The first kappa shape index (κ1) is 15.3. The molecule has 11 nitrogen and oxygen atoms in total. The molecule has 0 spiro atoms. The molecule has 0 atom stereocenters. The molecule has 3 rings (SSSR count). The zero-order valence-electron chi connectivity index (χ0n) is 12.5. The van der Waals surface area contributed by atoms with Crippen molar-refractivity contribution < 1.29 is 9.85 Å². The zero-order chi connectivity index (χ0) is 17.6. The maximum absolute atomic E-state index is 12.4. The number of non-ortho nitro benzene ring substituents is 1. The van der Waals surface area contributed by atoms with Crippen molar-refractivity contribution in [3.05, 3.63) is 55.1 Å². The fourth-order valence-electron chi connectivity index (χ4n) is 2.35. The Morgan fingerprint density at radius 3 is 2.46 bits per heavy atom. The summed E-state index contributed by atoms with van der Waals surface area (Å²) in [6.45, 7) is 0. The Morgan fingerprint density at radius 2 is 1.83 bits per heavy atom. The Hall–Kier alpha value is -3.63. The molecule has 1 aromatic carbocycles. The van der Waals surface area contributed by atoms with E-state index >= 15 is 0 Å². The van der Waals surface area contributed by atoms with Gasteiger partial charge in [-0.3, -0.25) is 29.6 Å². The average Bonchev–Trinajstić information content (AvgIpc) is 2.91. The van der Waals surface area contributed by atoms with Crippen LogP contribution in [-0.2, 0) is 14.1 Å². The number of benzene rings is 1. The number of hydrogen-bond acceptors (Lipinski definition) is 7. The lowest BCUT2D eigenvalue weighted by atomic mass is 10.1. The molecule has 11 heteroatoms. The van der Waals surface area contributed by atoms with Gasteiger partial charge in [0, 0.05) is 20.2 Å². The minimum atomic E-state index is -0.748. The monoisotopic (exact) mass is 330 g/mol. The van der Waals surface area contributed by atoms with Crippen molar-refractivity contribution in [3.8, 4) is 11.4 Å². The number of nitrogens with zero attached hydrogens (tertiary/aromatic N) is 6. The minimum Gasteiger partial charge on any atom is -0.318 e. The van der Waals surface area contributed by atoms with Gasteiger partial charge < -0.3 is 4.57 Å². The van der Waals surface area contributed by atoms with Crippen LogP contribution in [0.5, 0.6) is 0 Å². The summed E-state index contributed by atoms with van der Waals surface area (Å²) in [6, 6.07) is 3.18. The van der Waals surface area contributed by atoms with Gasteiger partial charge in [0.2, 0.25) is 0 Å². The molecule has 0 aliphatic rings. The second-order valence-electron chi connectivity index (χ2n) is 5.04. The van der Waals surface area contributed by atoms with Crippen LogP contribution in [0.15, 0.2) is 29.3 Å². The normalized spacial score (nSPS) is 10.9. The standard InChI is InChI=1S/C13H10N6O5/c1-16-6-14-10-12(16)15-11(17(2)13(10)20)8-4-3-7(18(21)22)5-9(8)19(23)24/h3-6H,1-2H3. The highest BCUT2D eigenvalue weighted by Gasteiger charge is 2.24.